The Morgan fingerprint density at radius 3 is 2.67 bits per heavy atom. The largest absolute Gasteiger partial charge is 0.495 e. The van der Waals surface area contributed by atoms with E-state index in [1.54, 1.807) is 36.1 Å². The fourth-order valence-corrected chi connectivity index (χ4v) is 3.75. The van der Waals surface area contributed by atoms with Crippen molar-refractivity contribution in [1.29, 1.82) is 0 Å². The smallest absolute Gasteiger partial charge is 0.255 e. The zero-order chi connectivity index (χ0) is 21.3. The van der Waals surface area contributed by atoms with Crippen LogP contribution in [-0.4, -0.2) is 34.0 Å². The molecule has 0 spiro atoms. The van der Waals surface area contributed by atoms with Gasteiger partial charge in [-0.1, -0.05) is 36.0 Å². The maximum atomic E-state index is 13.6. The Hall–Kier alpha value is -3.33. The third-order valence-electron chi connectivity index (χ3n) is 4.80. The van der Waals surface area contributed by atoms with E-state index in [1.807, 2.05) is 25.3 Å². The number of halogens is 1. The maximum Gasteiger partial charge on any atom is 0.255 e. The molecule has 3 aromatic rings. The highest BCUT2D eigenvalue weighted by atomic mass is 32.2. The molecular formula is C21H20FN5O2S. The quantitative estimate of drug-likeness (QED) is 0.600. The highest BCUT2D eigenvalue weighted by Gasteiger charge is 2.34. The lowest BCUT2D eigenvalue weighted by molar-refractivity contribution is -0.113. The summed E-state index contributed by atoms with van der Waals surface area (Å²) in [6, 6.07) is 12.7. The van der Waals surface area contributed by atoms with Gasteiger partial charge in [0.25, 0.3) is 5.91 Å². The lowest BCUT2D eigenvalue weighted by Gasteiger charge is -2.28. The van der Waals surface area contributed by atoms with Crippen LogP contribution in [0.4, 0.5) is 16.0 Å². The number of amides is 1. The van der Waals surface area contributed by atoms with Crippen LogP contribution in [0.25, 0.3) is 0 Å². The number of benzene rings is 2. The summed E-state index contributed by atoms with van der Waals surface area (Å²) in [5.41, 5.74) is 2.38. The predicted molar refractivity (Wildman–Crippen MR) is 114 cm³/mol. The number of carbonyl (C=O) groups excluding carboxylic acids is 1. The number of allylic oxidation sites excluding steroid dienone is 1. The summed E-state index contributed by atoms with van der Waals surface area (Å²) in [5, 5.41) is 11.2. The number of nitrogens with one attached hydrogen (secondary N) is 2. The second-order valence-corrected chi connectivity index (χ2v) is 7.41. The molecule has 2 heterocycles. The van der Waals surface area contributed by atoms with Crippen LogP contribution < -0.4 is 15.4 Å². The van der Waals surface area contributed by atoms with Gasteiger partial charge >= 0.3 is 0 Å². The fraction of sp³-hybridized carbons (Fsp3) is 0.190. The normalized spacial score (nSPS) is 15.4. The SMILES string of the molecule is COc1ccccc1NC(=O)C1=C(C)Nc2nc(SC)nn2[C@H]1c1ccc(F)cc1. The first-order valence-electron chi connectivity index (χ1n) is 9.20. The van der Waals surface area contributed by atoms with Crippen LogP contribution >= 0.6 is 11.8 Å². The topological polar surface area (TPSA) is 81.1 Å². The lowest BCUT2D eigenvalue weighted by Crippen LogP contribution is -2.31. The van der Waals surface area contributed by atoms with Gasteiger partial charge in [-0.3, -0.25) is 4.79 Å². The minimum atomic E-state index is -0.565. The molecular weight excluding hydrogens is 405 g/mol. The molecule has 4 rings (SSSR count). The Morgan fingerprint density at radius 1 is 1.23 bits per heavy atom. The Morgan fingerprint density at radius 2 is 1.97 bits per heavy atom. The van der Waals surface area contributed by atoms with Gasteiger partial charge in [-0.2, -0.15) is 4.98 Å². The summed E-state index contributed by atoms with van der Waals surface area (Å²) in [7, 11) is 1.55. The van der Waals surface area contributed by atoms with Gasteiger partial charge in [0.1, 0.15) is 17.6 Å². The molecule has 1 aliphatic rings. The highest BCUT2D eigenvalue weighted by Crippen LogP contribution is 2.37. The number of para-hydroxylation sites is 2. The van der Waals surface area contributed by atoms with E-state index in [1.165, 1.54) is 23.9 Å². The lowest BCUT2D eigenvalue weighted by atomic mass is 9.95. The number of methoxy groups -OCH3 is 1. The first kappa shape index (κ1) is 20.0. The van der Waals surface area contributed by atoms with E-state index in [0.29, 0.717) is 33.8 Å². The molecule has 7 nitrogen and oxygen atoms in total. The molecule has 2 N–H and O–H groups in total. The molecule has 30 heavy (non-hydrogen) atoms. The van der Waals surface area contributed by atoms with Crippen LogP contribution in [0.5, 0.6) is 5.75 Å². The Bertz CT molecular complexity index is 1130. The van der Waals surface area contributed by atoms with Crippen molar-refractivity contribution in [3.63, 3.8) is 0 Å². The average Bonchev–Trinajstić information content (AvgIpc) is 3.16. The van der Waals surface area contributed by atoms with Gasteiger partial charge in [0, 0.05) is 5.70 Å². The number of ether oxygens (including phenoxy) is 1. The summed E-state index contributed by atoms with van der Waals surface area (Å²) in [6.07, 6.45) is 1.88. The van der Waals surface area contributed by atoms with Crippen LogP contribution in [0.2, 0.25) is 0 Å². The van der Waals surface area contributed by atoms with Crippen LogP contribution in [0.3, 0.4) is 0 Å². The molecule has 0 bridgehead atoms. The second kappa shape index (κ2) is 8.19. The minimum Gasteiger partial charge on any atom is -0.495 e. The summed E-state index contributed by atoms with van der Waals surface area (Å²) < 4.78 is 20.6. The van der Waals surface area contributed by atoms with Gasteiger partial charge in [-0.25, -0.2) is 9.07 Å². The minimum absolute atomic E-state index is 0.314. The summed E-state index contributed by atoms with van der Waals surface area (Å²) in [6.45, 7) is 1.81. The highest BCUT2D eigenvalue weighted by molar-refractivity contribution is 7.98. The van der Waals surface area contributed by atoms with Crippen LogP contribution in [0.1, 0.15) is 18.5 Å². The Labute approximate surface area is 177 Å². The predicted octanol–water partition coefficient (Wildman–Crippen LogP) is 4.08. The first-order valence-corrected chi connectivity index (χ1v) is 10.4. The number of thioether (sulfide) groups is 1. The van der Waals surface area contributed by atoms with Gasteiger partial charge in [0.2, 0.25) is 11.1 Å². The standard InChI is InChI=1S/C21H20FN5O2S/c1-12-17(19(28)24-15-6-4-5-7-16(15)29-2)18(13-8-10-14(22)11-9-13)27-20(23-12)25-21(26-27)30-3/h4-11,18H,1-3H3,(H,24,28)(H,23,25,26)/t18-/m0/s1. The van der Waals surface area contributed by atoms with E-state index in [9.17, 15) is 9.18 Å². The zero-order valence-electron chi connectivity index (χ0n) is 16.6. The van der Waals surface area contributed by atoms with Crippen molar-refractivity contribution in [1.82, 2.24) is 14.8 Å². The van der Waals surface area contributed by atoms with Crippen LogP contribution in [0, 0.1) is 5.82 Å². The monoisotopic (exact) mass is 425 g/mol. The van der Waals surface area contributed by atoms with Crippen molar-refractivity contribution in [3.8, 4) is 5.75 Å². The van der Waals surface area contributed by atoms with E-state index >= 15 is 0 Å². The third-order valence-corrected chi connectivity index (χ3v) is 5.34. The van der Waals surface area contributed by atoms with Gasteiger partial charge in [-0.05, 0) is 43.0 Å². The van der Waals surface area contributed by atoms with Gasteiger partial charge in [-0.15, -0.1) is 5.10 Å². The van der Waals surface area contributed by atoms with Crippen molar-refractivity contribution < 1.29 is 13.9 Å². The third kappa shape index (κ3) is 3.63. The maximum absolute atomic E-state index is 13.6. The Balaban J connectivity index is 1.79. The molecule has 1 atom stereocenters. The molecule has 0 radical (unpaired) electrons. The van der Waals surface area contributed by atoms with Gasteiger partial charge in [0.15, 0.2) is 0 Å². The molecule has 0 aliphatic carbocycles. The molecule has 0 fully saturated rings. The van der Waals surface area contributed by atoms with E-state index in [0.717, 1.165) is 5.56 Å². The van der Waals surface area contributed by atoms with E-state index in [-0.39, 0.29) is 11.7 Å². The zero-order valence-corrected chi connectivity index (χ0v) is 17.5. The molecule has 2 aromatic carbocycles. The number of hydrogen-bond donors (Lipinski definition) is 2. The molecule has 154 valence electrons. The number of fused-ring (bicyclic) bond motifs is 1. The van der Waals surface area contributed by atoms with Crippen molar-refractivity contribution in [3.05, 3.63) is 71.2 Å². The van der Waals surface area contributed by atoms with Crippen LogP contribution in [0.15, 0.2) is 65.0 Å². The number of carbonyl (C=O) groups is 1. The summed E-state index contributed by atoms with van der Waals surface area (Å²) >= 11 is 1.40. The van der Waals surface area contributed by atoms with Crippen molar-refractivity contribution in [2.24, 2.45) is 0 Å². The average molecular weight is 425 g/mol. The van der Waals surface area contributed by atoms with Crippen molar-refractivity contribution >= 4 is 29.3 Å². The number of aromatic nitrogens is 3. The summed E-state index contributed by atoms with van der Waals surface area (Å²) in [5.74, 6) is 0.417. The molecule has 1 amide bonds. The fourth-order valence-electron chi connectivity index (χ4n) is 3.40. The number of anilines is 2. The molecule has 1 aromatic heterocycles. The first-order chi connectivity index (χ1) is 14.5. The number of nitrogens with zero attached hydrogens (tertiary/aromatic N) is 3. The molecule has 0 saturated heterocycles. The van der Waals surface area contributed by atoms with Gasteiger partial charge < -0.3 is 15.4 Å². The number of hydrogen-bond acceptors (Lipinski definition) is 6. The van der Waals surface area contributed by atoms with E-state index in [2.05, 4.69) is 20.7 Å². The summed E-state index contributed by atoms with van der Waals surface area (Å²) in [4.78, 5) is 17.8. The van der Waals surface area contributed by atoms with Crippen molar-refractivity contribution in [2.75, 3.05) is 24.0 Å². The molecule has 1 aliphatic heterocycles. The van der Waals surface area contributed by atoms with E-state index < -0.39 is 6.04 Å². The Kier molecular flexibility index (Phi) is 5.45. The molecule has 0 unspecified atom stereocenters. The van der Waals surface area contributed by atoms with Crippen molar-refractivity contribution in [2.45, 2.75) is 18.1 Å². The molecule has 0 saturated carbocycles. The van der Waals surface area contributed by atoms with Crippen LogP contribution in [-0.2, 0) is 4.79 Å². The molecule has 9 heteroatoms. The second-order valence-electron chi connectivity index (χ2n) is 6.64. The van der Waals surface area contributed by atoms with E-state index in [4.69, 9.17) is 4.74 Å². The number of rotatable bonds is 5. The van der Waals surface area contributed by atoms with Gasteiger partial charge in [0.05, 0.1) is 18.4 Å².